The number of rotatable bonds is 1. The highest BCUT2D eigenvalue weighted by Crippen LogP contribution is 2.31. The summed E-state index contributed by atoms with van der Waals surface area (Å²) < 4.78 is 0. The molecule has 0 amide bonds. The summed E-state index contributed by atoms with van der Waals surface area (Å²) in [6.07, 6.45) is 12.0. The van der Waals surface area contributed by atoms with Gasteiger partial charge in [-0.1, -0.05) is 38.3 Å². The Kier molecular flexibility index (Phi) is 2.82. The van der Waals surface area contributed by atoms with Crippen LogP contribution in [0.4, 0.5) is 0 Å². The van der Waals surface area contributed by atoms with Crippen LogP contribution in [0, 0.1) is 18.3 Å². The molecule has 1 nitrogen and oxygen atoms in total. The minimum Gasteiger partial charge on any atom is -0.289 e. The van der Waals surface area contributed by atoms with E-state index in [1.165, 1.54) is 31.4 Å². The number of allylic oxidation sites excluding steroid dienone is 1. The van der Waals surface area contributed by atoms with Crippen molar-refractivity contribution in [2.75, 3.05) is 6.54 Å². The van der Waals surface area contributed by atoms with Gasteiger partial charge in [-0.3, -0.25) is 4.99 Å². The lowest BCUT2D eigenvalue weighted by atomic mass is 9.76. The van der Waals surface area contributed by atoms with Crippen LogP contribution in [-0.2, 0) is 0 Å². The molecule has 2 aliphatic rings. The Labute approximate surface area is 80.9 Å². The van der Waals surface area contributed by atoms with Crippen LogP contribution >= 0.6 is 0 Å². The van der Waals surface area contributed by atoms with Crippen LogP contribution in [0.2, 0.25) is 0 Å². The first-order chi connectivity index (χ1) is 6.38. The van der Waals surface area contributed by atoms with E-state index in [-0.39, 0.29) is 0 Å². The van der Waals surface area contributed by atoms with Crippen molar-refractivity contribution in [2.45, 2.75) is 32.6 Å². The largest absolute Gasteiger partial charge is 0.289 e. The second-order valence-electron chi connectivity index (χ2n) is 4.23. The third-order valence-corrected chi connectivity index (χ3v) is 3.27. The summed E-state index contributed by atoms with van der Waals surface area (Å²) in [6, 6.07) is 0. The van der Waals surface area contributed by atoms with E-state index < -0.39 is 0 Å². The average molecular weight is 176 g/mol. The van der Waals surface area contributed by atoms with E-state index in [4.69, 9.17) is 0 Å². The van der Waals surface area contributed by atoms with Crippen LogP contribution in [0.1, 0.15) is 32.6 Å². The van der Waals surface area contributed by atoms with Gasteiger partial charge in [0.2, 0.25) is 0 Å². The number of hydrogen-bond donors (Lipinski definition) is 0. The maximum Gasteiger partial charge on any atom is 0.0570 e. The molecular weight excluding hydrogens is 158 g/mol. The molecule has 0 aromatic heterocycles. The lowest BCUT2D eigenvalue weighted by Crippen LogP contribution is -2.26. The summed E-state index contributed by atoms with van der Waals surface area (Å²) >= 11 is 0. The highest BCUT2D eigenvalue weighted by molar-refractivity contribution is 5.97. The lowest BCUT2D eigenvalue weighted by molar-refractivity contribution is 0.324. The Morgan fingerprint density at radius 1 is 1.31 bits per heavy atom. The number of hydrogen-bond acceptors (Lipinski definition) is 1. The molecule has 0 N–H and O–H groups in total. The van der Waals surface area contributed by atoms with Crippen LogP contribution < -0.4 is 0 Å². The molecule has 1 saturated carbocycles. The molecule has 0 aromatic rings. The molecule has 13 heavy (non-hydrogen) atoms. The van der Waals surface area contributed by atoms with Gasteiger partial charge >= 0.3 is 0 Å². The fraction of sp³-hybridized carbons (Fsp3) is 0.667. The monoisotopic (exact) mass is 176 g/mol. The number of dihydropyridines is 1. The predicted molar refractivity (Wildman–Crippen MR) is 56.9 cm³/mol. The van der Waals surface area contributed by atoms with E-state index in [0.29, 0.717) is 0 Å². The van der Waals surface area contributed by atoms with Crippen molar-refractivity contribution < 1.29 is 0 Å². The van der Waals surface area contributed by atoms with Crippen molar-refractivity contribution in [1.29, 1.82) is 0 Å². The van der Waals surface area contributed by atoms with Gasteiger partial charge in [-0.2, -0.15) is 0 Å². The first kappa shape index (κ1) is 8.98. The fourth-order valence-electron chi connectivity index (χ4n) is 2.43. The van der Waals surface area contributed by atoms with Crippen molar-refractivity contribution in [3.8, 4) is 0 Å². The Bertz CT molecular complexity index is 227. The summed E-state index contributed by atoms with van der Waals surface area (Å²) in [5.41, 5.74) is 1.36. The van der Waals surface area contributed by atoms with E-state index in [2.05, 4.69) is 30.5 Å². The summed E-state index contributed by atoms with van der Waals surface area (Å²) in [5, 5.41) is 0. The van der Waals surface area contributed by atoms with Gasteiger partial charge in [-0.15, -0.1) is 0 Å². The molecule has 1 heteroatoms. The van der Waals surface area contributed by atoms with E-state index in [1.54, 1.807) is 0 Å². The van der Waals surface area contributed by atoms with Gasteiger partial charge in [0.1, 0.15) is 0 Å². The molecular formula is C12H18N. The average Bonchev–Trinajstić information content (AvgIpc) is 2.20. The minimum absolute atomic E-state index is 0.749. The van der Waals surface area contributed by atoms with Gasteiger partial charge in [0.25, 0.3) is 0 Å². The first-order valence-electron chi connectivity index (χ1n) is 5.42. The topological polar surface area (TPSA) is 12.4 Å². The van der Waals surface area contributed by atoms with Gasteiger partial charge in [0, 0.05) is 18.1 Å². The summed E-state index contributed by atoms with van der Waals surface area (Å²) in [5.74, 6) is 1.59. The van der Waals surface area contributed by atoms with E-state index >= 15 is 0 Å². The lowest BCUT2D eigenvalue weighted by Gasteiger charge is -2.30. The highest BCUT2D eigenvalue weighted by Gasteiger charge is 2.25. The summed E-state index contributed by atoms with van der Waals surface area (Å²) in [4.78, 5) is 4.58. The molecule has 1 fully saturated rings. The molecule has 1 radical (unpaired) electrons. The summed E-state index contributed by atoms with van der Waals surface area (Å²) in [6.45, 7) is 3.27. The van der Waals surface area contributed by atoms with Crippen LogP contribution in [-0.4, -0.2) is 12.3 Å². The second kappa shape index (κ2) is 4.08. The third kappa shape index (κ3) is 2.01. The number of nitrogens with zero attached hydrogens (tertiary/aromatic N) is 1. The van der Waals surface area contributed by atoms with Crippen LogP contribution in [0.25, 0.3) is 0 Å². The van der Waals surface area contributed by atoms with Gasteiger partial charge in [-0.05, 0) is 12.3 Å². The zero-order valence-corrected chi connectivity index (χ0v) is 8.37. The van der Waals surface area contributed by atoms with Gasteiger partial charge in [0.05, 0.1) is 6.54 Å². The molecule has 0 bridgehead atoms. The molecule has 2 unspecified atom stereocenters. The Morgan fingerprint density at radius 2 is 2.15 bits per heavy atom. The highest BCUT2D eigenvalue weighted by atomic mass is 14.7. The maximum atomic E-state index is 4.58. The molecule has 0 aromatic carbocycles. The molecule has 1 aliphatic heterocycles. The molecule has 71 valence electrons. The zero-order valence-electron chi connectivity index (χ0n) is 8.37. The van der Waals surface area contributed by atoms with Crippen molar-refractivity contribution in [3.05, 3.63) is 18.6 Å². The quantitative estimate of drug-likeness (QED) is 0.582. The molecule has 2 rings (SSSR count). The van der Waals surface area contributed by atoms with E-state index in [0.717, 1.165) is 18.4 Å². The van der Waals surface area contributed by atoms with Gasteiger partial charge in [0.15, 0.2) is 0 Å². The van der Waals surface area contributed by atoms with Gasteiger partial charge in [-0.25, -0.2) is 0 Å². The molecule has 2 atom stereocenters. The molecule has 0 saturated heterocycles. The van der Waals surface area contributed by atoms with Crippen molar-refractivity contribution in [3.63, 3.8) is 0 Å². The van der Waals surface area contributed by atoms with Crippen molar-refractivity contribution >= 4 is 5.71 Å². The van der Waals surface area contributed by atoms with Crippen molar-refractivity contribution in [2.24, 2.45) is 16.8 Å². The maximum absolute atomic E-state index is 4.58. The number of aliphatic imine (C=N–C) groups is 1. The predicted octanol–water partition coefficient (Wildman–Crippen LogP) is 3.03. The Hall–Kier alpha value is -0.590. The van der Waals surface area contributed by atoms with E-state index in [9.17, 15) is 0 Å². The minimum atomic E-state index is 0.749. The van der Waals surface area contributed by atoms with Crippen molar-refractivity contribution in [1.82, 2.24) is 0 Å². The Morgan fingerprint density at radius 3 is 2.85 bits per heavy atom. The second-order valence-corrected chi connectivity index (χ2v) is 4.23. The SMILES string of the molecule is CC1CCCCC1C1=NCC=C[CH]1. The standard InChI is InChI=1S/C12H18N/c1-10-6-2-3-7-11(10)12-8-4-5-9-13-12/h4-5,8,10-11H,2-3,6-7,9H2,1H3. The molecule has 0 spiro atoms. The zero-order chi connectivity index (χ0) is 9.10. The third-order valence-electron chi connectivity index (χ3n) is 3.27. The Balaban J connectivity index is 2.01. The fourth-order valence-corrected chi connectivity index (χ4v) is 2.43. The van der Waals surface area contributed by atoms with Crippen LogP contribution in [0.5, 0.6) is 0 Å². The molecule has 1 heterocycles. The summed E-state index contributed by atoms with van der Waals surface area (Å²) in [7, 11) is 0. The van der Waals surface area contributed by atoms with Crippen LogP contribution in [0.15, 0.2) is 17.1 Å². The van der Waals surface area contributed by atoms with Crippen LogP contribution in [0.3, 0.4) is 0 Å². The molecule has 1 aliphatic carbocycles. The van der Waals surface area contributed by atoms with E-state index in [1.807, 2.05) is 0 Å². The normalized spacial score (nSPS) is 34.4. The first-order valence-corrected chi connectivity index (χ1v) is 5.42. The van der Waals surface area contributed by atoms with Gasteiger partial charge < -0.3 is 0 Å². The smallest absolute Gasteiger partial charge is 0.0570 e.